The molecule has 0 bridgehead atoms. The molecule has 6 rings (SSSR count). The average Bonchev–Trinajstić information content (AvgIpc) is 3.38. The van der Waals surface area contributed by atoms with Crippen molar-refractivity contribution >= 4 is 47.5 Å². The Morgan fingerprint density at radius 2 is 1.69 bits per heavy atom. The second kappa shape index (κ2) is 17.3. The lowest BCUT2D eigenvalue weighted by Crippen LogP contribution is -2.47. The van der Waals surface area contributed by atoms with Gasteiger partial charge in [-0.1, -0.05) is 56.1 Å². The Hall–Kier alpha value is -4.27. The van der Waals surface area contributed by atoms with E-state index in [1.165, 1.54) is 0 Å². The van der Waals surface area contributed by atoms with Crippen molar-refractivity contribution in [3.63, 3.8) is 0 Å². The van der Waals surface area contributed by atoms with Gasteiger partial charge >= 0.3 is 6.18 Å². The van der Waals surface area contributed by atoms with Crippen molar-refractivity contribution < 1.29 is 36.6 Å². The number of aromatic nitrogens is 2. The highest BCUT2D eigenvalue weighted by Crippen LogP contribution is 2.40. The number of imidazole rings is 1. The molecule has 4 atom stereocenters. The zero-order chi connectivity index (χ0) is 37.5. The van der Waals surface area contributed by atoms with E-state index >= 15 is 0 Å². The van der Waals surface area contributed by atoms with Crippen molar-refractivity contribution in [1.29, 1.82) is 0 Å². The number of amides is 1. The van der Waals surface area contributed by atoms with Crippen LogP contribution < -0.4 is 10.0 Å². The summed E-state index contributed by atoms with van der Waals surface area (Å²) in [6.45, 7) is 4.60. The van der Waals surface area contributed by atoms with E-state index in [-0.39, 0.29) is 30.7 Å². The maximum absolute atomic E-state index is 14.7. The van der Waals surface area contributed by atoms with Crippen LogP contribution in [-0.2, 0) is 22.8 Å². The van der Waals surface area contributed by atoms with Crippen LogP contribution in [0.3, 0.4) is 0 Å². The monoisotopic (exact) mass is 731 g/mol. The van der Waals surface area contributed by atoms with E-state index < -0.39 is 35.6 Å². The van der Waals surface area contributed by atoms with Crippen LogP contribution in [0.1, 0.15) is 43.1 Å². The maximum Gasteiger partial charge on any atom is 0.416 e. The van der Waals surface area contributed by atoms with E-state index in [9.17, 15) is 26.7 Å². The number of hydrogen-bond donors (Lipinski definition) is 4. The van der Waals surface area contributed by atoms with Crippen LogP contribution in [0.15, 0.2) is 66.7 Å². The topological polar surface area (TPSA) is 99.5 Å². The van der Waals surface area contributed by atoms with E-state index in [2.05, 4.69) is 50.9 Å². The highest BCUT2D eigenvalue weighted by molar-refractivity contribution is 7.78. The maximum atomic E-state index is 14.7. The fraction of sp³-hybridized carbons (Fsp3) is 0.378. The molecular formula is C37H42F5N5O3S. The van der Waals surface area contributed by atoms with Crippen molar-refractivity contribution in [2.45, 2.75) is 51.5 Å². The fourth-order valence-corrected chi connectivity index (χ4v) is 6.68. The Morgan fingerprint density at radius 3 is 2.29 bits per heavy atom. The van der Waals surface area contributed by atoms with Gasteiger partial charge in [0.05, 0.1) is 22.3 Å². The van der Waals surface area contributed by atoms with E-state index in [0.717, 1.165) is 51.3 Å². The van der Waals surface area contributed by atoms with Gasteiger partial charge < -0.3 is 15.0 Å². The number of rotatable bonds is 5. The summed E-state index contributed by atoms with van der Waals surface area (Å²) in [6, 6.07) is 16.1. The first-order valence-corrected chi connectivity index (χ1v) is 16.9. The Labute approximate surface area is 299 Å². The predicted molar refractivity (Wildman–Crippen MR) is 192 cm³/mol. The Morgan fingerprint density at radius 1 is 1.06 bits per heavy atom. The Bertz CT molecular complexity index is 1850. The number of hydrogen-bond acceptors (Lipinski definition) is 6. The molecule has 1 fully saturated rings. The SMILES string of the molecule is CNS.Cc1nc2cc(-c3ccc(C4=CC(N5CCCC(F)C5)CC(C(=O)Nc5ccc(C(F)(F)F)cc5F)[C@@H]4C)cc3)ccc2n1C.O=CO. The van der Waals surface area contributed by atoms with Gasteiger partial charge in [0.1, 0.15) is 17.8 Å². The smallest absolute Gasteiger partial charge is 0.416 e. The average molecular weight is 732 g/mol. The summed E-state index contributed by atoms with van der Waals surface area (Å²) in [5.41, 5.74) is 4.39. The molecule has 1 aliphatic heterocycles. The van der Waals surface area contributed by atoms with Crippen molar-refractivity contribution in [3.8, 4) is 11.1 Å². The van der Waals surface area contributed by atoms with Crippen LogP contribution in [0.5, 0.6) is 0 Å². The fourth-order valence-electron chi connectivity index (χ4n) is 6.68. The number of carbonyl (C=O) groups is 2. The van der Waals surface area contributed by atoms with Crippen LogP contribution in [-0.4, -0.2) is 64.3 Å². The number of nitrogens with one attached hydrogen (secondary N) is 2. The largest absolute Gasteiger partial charge is 0.483 e. The summed E-state index contributed by atoms with van der Waals surface area (Å²) >= 11 is 3.54. The lowest BCUT2D eigenvalue weighted by molar-refractivity contribution is -0.137. The van der Waals surface area contributed by atoms with Gasteiger partial charge in [-0.2, -0.15) is 13.2 Å². The number of carboxylic acid groups (broad SMARTS) is 1. The van der Waals surface area contributed by atoms with Crippen LogP contribution >= 0.6 is 12.8 Å². The highest BCUT2D eigenvalue weighted by atomic mass is 32.1. The summed E-state index contributed by atoms with van der Waals surface area (Å²) in [7, 11) is 3.72. The van der Waals surface area contributed by atoms with E-state index in [0.29, 0.717) is 31.9 Å². The number of fused-ring (bicyclic) bond motifs is 1. The van der Waals surface area contributed by atoms with Gasteiger partial charge in [-0.05, 0) is 98.3 Å². The first-order chi connectivity index (χ1) is 24.2. The normalized spacial score (nSPS) is 20.7. The standard InChI is InChI=1S/C35H35F5N4O.CH5NS.CH2O2/c1-20-28(23-8-6-22(7-9-23)24-10-13-33-32(15-24)41-21(2)43(33)3)17-27(44-14-4-5-26(36)19-44)18-29(20)34(45)42-31-12-11-25(16-30(31)37)35(38,39)40;1-2-3;2-1-3/h6-13,15-17,20,26-27,29H,4-5,14,18-19H2,1-3H3,(H,42,45);2-3H,1H3;1H,(H,2,3)/t20-,26?,27?,29?;;/m1../s1. The number of carbonyl (C=O) groups excluding carboxylic acids is 1. The van der Waals surface area contributed by atoms with Gasteiger partial charge in [0.2, 0.25) is 5.91 Å². The molecule has 3 N–H and O–H groups in total. The molecule has 2 heterocycles. The molecule has 51 heavy (non-hydrogen) atoms. The summed E-state index contributed by atoms with van der Waals surface area (Å²) in [5, 5.41) is 9.42. The summed E-state index contributed by atoms with van der Waals surface area (Å²) < 4.78 is 72.8. The second-order valence-corrected chi connectivity index (χ2v) is 13.0. The number of halogens is 5. The third kappa shape index (κ3) is 9.54. The molecule has 1 amide bonds. The molecule has 1 aromatic heterocycles. The molecule has 14 heteroatoms. The zero-order valence-electron chi connectivity index (χ0n) is 28.7. The zero-order valence-corrected chi connectivity index (χ0v) is 29.6. The lowest BCUT2D eigenvalue weighted by atomic mass is 9.74. The minimum absolute atomic E-state index is 0.225. The van der Waals surface area contributed by atoms with Crippen LogP contribution in [0, 0.1) is 24.6 Å². The van der Waals surface area contributed by atoms with E-state index in [4.69, 9.17) is 9.90 Å². The van der Waals surface area contributed by atoms with Gasteiger partial charge in [0.25, 0.3) is 6.47 Å². The minimum atomic E-state index is -4.70. The van der Waals surface area contributed by atoms with Crippen molar-refractivity contribution in [3.05, 3.63) is 89.5 Å². The lowest BCUT2D eigenvalue weighted by Gasteiger charge is -2.41. The molecule has 2 aliphatic rings. The first kappa shape index (κ1) is 39.5. The number of aryl methyl sites for hydroxylation is 2. The van der Waals surface area contributed by atoms with Crippen molar-refractivity contribution in [1.82, 2.24) is 19.2 Å². The van der Waals surface area contributed by atoms with E-state index in [1.54, 1.807) is 7.05 Å². The third-order valence-electron chi connectivity index (χ3n) is 9.37. The van der Waals surface area contributed by atoms with Crippen molar-refractivity contribution in [2.24, 2.45) is 18.9 Å². The third-order valence-corrected chi connectivity index (χ3v) is 9.37. The number of allylic oxidation sites excluding steroid dienone is 1. The molecule has 1 saturated heterocycles. The molecule has 274 valence electrons. The molecule has 3 aromatic carbocycles. The summed E-state index contributed by atoms with van der Waals surface area (Å²) in [6.07, 6.45) is -1.95. The minimum Gasteiger partial charge on any atom is -0.483 e. The summed E-state index contributed by atoms with van der Waals surface area (Å²) in [4.78, 5) is 28.7. The number of alkyl halides is 4. The molecule has 0 radical (unpaired) electrons. The van der Waals surface area contributed by atoms with Gasteiger partial charge in [0.15, 0.2) is 0 Å². The molecule has 1 aliphatic carbocycles. The number of thiol groups is 1. The second-order valence-electron chi connectivity index (χ2n) is 12.6. The Kier molecular flexibility index (Phi) is 13.4. The van der Waals surface area contributed by atoms with Gasteiger partial charge in [-0.3, -0.25) is 19.2 Å². The number of nitrogens with zero attached hydrogens (tertiary/aromatic N) is 3. The van der Waals surface area contributed by atoms with Crippen LogP contribution in [0.25, 0.3) is 27.7 Å². The summed E-state index contributed by atoms with van der Waals surface area (Å²) in [5.74, 6) is -1.62. The van der Waals surface area contributed by atoms with Gasteiger partial charge in [0, 0.05) is 25.6 Å². The van der Waals surface area contributed by atoms with Gasteiger partial charge in [-0.25, -0.2) is 13.8 Å². The van der Waals surface area contributed by atoms with Crippen LogP contribution in [0.4, 0.5) is 27.6 Å². The quantitative estimate of drug-likeness (QED) is 0.0946. The molecule has 0 spiro atoms. The molecule has 4 aromatic rings. The number of piperidine rings is 1. The number of anilines is 1. The van der Waals surface area contributed by atoms with Crippen LogP contribution in [0.2, 0.25) is 0 Å². The molecular weight excluding hydrogens is 689 g/mol. The number of benzene rings is 3. The molecule has 3 unspecified atom stereocenters. The highest BCUT2D eigenvalue weighted by Gasteiger charge is 2.38. The first-order valence-electron chi connectivity index (χ1n) is 16.4. The van der Waals surface area contributed by atoms with Crippen molar-refractivity contribution in [2.75, 3.05) is 25.5 Å². The number of likely N-dealkylation sites (tertiary alicyclic amines) is 1. The van der Waals surface area contributed by atoms with Gasteiger partial charge in [-0.15, -0.1) is 0 Å². The van der Waals surface area contributed by atoms with E-state index in [1.807, 2.05) is 55.8 Å². The predicted octanol–water partition coefficient (Wildman–Crippen LogP) is 7.94. The molecule has 8 nitrogen and oxygen atoms in total. The Balaban J connectivity index is 0.000000909. The molecule has 0 saturated carbocycles.